The van der Waals surface area contributed by atoms with E-state index in [1.165, 1.54) is 11.3 Å². The average molecular weight is 513 g/mol. The van der Waals surface area contributed by atoms with Crippen LogP contribution in [0.3, 0.4) is 0 Å². The second kappa shape index (κ2) is 7.75. The van der Waals surface area contributed by atoms with Gasteiger partial charge in [0.25, 0.3) is 5.91 Å². The Balaban J connectivity index is 1.75. The van der Waals surface area contributed by atoms with Gasteiger partial charge >= 0.3 is 6.18 Å². The van der Waals surface area contributed by atoms with Gasteiger partial charge in [0.15, 0.2) is 17.0 Å². The smallest absolute Gasteiger partial charge is 0.346 e. The van der Waals surface area contributed by atoms with Gasteiger partial charge in [0, 0.05) is 24.8 Å². The molecule has 0 aromatic carbocycles. The molecule has 0 aliphatic carbocycles. The number of thiophene rings is 1. The van der Waals surface area contributed by atoms with E-state index in [4.69, 9.17) is 0 Å². The van der Waals surface area contributed by atoms with Crippen molar-refractivity contribution >= 4 is 38.8 Å². The lowest BCUT2D eigenvalue weighted by Gasteiger charge is -2.10. The Labute approximate surface area is 187 Å². The molecular formula is C19H16BrF3N6OS. The minimum atomic E-state index is -4.68. The number of aryl methyl sites for hydroxylation is 2. The quantitative estimate of drug-likeness (QED) is 0.436. The van der Waals surface area contributed by atoms with Crippen molar-refractivity contribution in [2.45, 2.75) is 26.6 Å². The minimum absolute atomic E-state index is 0.0860. The van der Waals surface area contributed by atoms with Crippen LogP contribution in [0, 0.1) is 13.8 Å². The summed E-state index contributed by atoms with van der Waals surface area (Å²) in [5.41, 5.74) is 1.36. The Hall–Kier alpha value is -2.73. The monoisotopic (exact) mass is 512 g/mol. The fourth-order valence-corrected chi connectivity index (χ4v) is 4.42. The first-order valence-corrected chi connectivity index (χ1v) is 10.7. The molecule has 0 aliphatic heterocycles. The molecule has 0 spiro atoms. The summed E-state index contributed by atoms with van der Waals surface area (Å²) in [4.78, 5) is 17.7. The van der Waals surface area contributed by atoms with E-state index in [1.807, 2.05) is 13.8 Å². The lowest BCUT2D eigenvalue weighted by atomic mass is 10.2. The molecule has 0 radical (unpaired) electrons. The molecule has 0 fully saturated rings. The number of carbonyl (C=O) groups is 1. The fraction of sp³-hybridized carbons (Fsp3) is 0.263. The largest absolute Gasteiger partial charge is 0.433 e. The SMILES string of the molecule is Cc1nn(C)c(C)c1CNC(=O)c1nn2c(C(F)(F)F)cc(-c3cccs3)nc2c1Br. The molecule has 31 heavy (non-hydrogen) atoms. The van der Waals surface area contributed by atoms with Gasteiger partial charge in [-0.2, -0.15) is 23.4 Å². The highest BCUT2D eigenvalue weighted by Crippen LogP contribution is 2.35. The zero-order valence-corrected chi connectivity index (χ0v) is 19.0. The van der Waals surface area contributed by atoms with Gasteiger partial charge in [-0.15, -0.1) is 11.3 Å². The fourth-order valence-electron chi connectivity index (χ4n) is 3.21. The Morgan fingerprint density at radius 3 is 2.61 bits per heavy atom. The first-order valence-electron chi connectivity index (χ1n) is 9.05. The summed E-state index contributed by atoms with van der Waals surface area (Å²) < 4.78 is 43.6. The Morgan fingerprint density at radius 2 is 2.03 bits per heavy atom. The summed E-state index contributed by atoms with van der Waals surface area (Å²) >= 11 is 4.49. The molecule has 0 saturated heterocycles. The van der Waals surface area contributed by atoms with E-state index in [-0.39, 0.29) is 28.1 Å². The van der Waals surface area contributed by atoms with Gasteiger partial charge in [0.1, 0.15) is 0 Å². The van der Waals surface area contributed by atoms with Crippen molar-refractivity contribution in [1.82, 2.24) is 29.7 Å². The summed E-state index contributed by atoms with van der Waals surface area (Å²) in [6.07, 6.45) is -4.68. The molecular weight excluding hydrogens is 497 g/mol. The van der Waals surface area contributed by atoms with Crippen molar-refractivity contribution in [2.75, 3.05) is 0 Å². The van der Waals surface area contributed by atoms with Crippen LogP contribution in [0.2, 0.25) is 0 Å². The standard InChI is InChI=1S/C19H16BrF3N6OS/c1-9-11(10(2)28(3)26-9)8-24-18(30)16-15(20)17-25-12(13-5-4-6-31-13)7-14(19(21,22)23)29(17)27-16/h4-7H,8H2,1-3H3,(H,24,30). The van der Waals surface area contributed by atoms with Crippen molar-refractivity contribution in [1.29, 1.82) is 0 Å². The Kier molecular flexibility index (Phi) is 5.38. The van der Waals surface area contributed by atoms with Crippen molar-refractivity contribution < 1.29 is 18.0 Å². The molecule has 0 atom stereocenters. The number of hydrogen-bond donors (Lipinski definition) is 1. The summed E-state index contributed by atoms with van der Waals surface area (Å²) in [6.45, 7) is 3.86. The van der Waals surface area contributed by atoms with E-state index in [2.05, 4.69) is 36.4 Å². The van der Waals surface area contributed by atoms with Gasteiger partial charge in [-0.1, -0.05) is 6.07 Å². The zero-order valence-electron chi connectivity index (χ0n) is 16.6. The minimum Gasteiger partial charge on any atom is -0.346 e. The van der Waals surface area contributed by atoms with E-state index in [0.29, 0.717) is 9.39 Å². The summed E-state index contributed by atoms with van der Waals surface area (Å²) in [6, 6.07) is 4.34. The number of carbonyl (C=O) groups excluding carboxylic acids is 1. The average Bonchev–Trinajstić information content (AvgIpc) is 3.40. The predicted molar refractivity (Wildman–Crippen MR) is 113 cm³/mol. The molecule has 4 heterocycles. The van der Waals surface area contributed by atoms with Crippen LogP contribution in [-0.2, 0) is 19.8 Å². The van der Waals surface area contributed by atoms with Crippen molar-refractivity contribution in [2.24, 2.45) is 7.05 Å². The van der Waals surface area contributed by atoms with E-state index in [9.17, 15) is 18.0 Å². The molecule has 7 nitrogen and oxygen atoms in total. The van der Waals surface area contributed by atoms with Crippen LogP contribution in [0.5, 0.6) is 0 Å². The highest BCUT2D eigenvalue weighted by Gasteiger charge is 2.36. The number of nitrogens with zero attached hydrogens (tertiary/aromatic N) is 5. The number of amides is 1. The van der Waals surface area contributed by atoms with E-state index in [1.54, 1.807) is 29.2 Å². The van der Waals surface area contributed by atoms with Crippen LogP contribution in [0.25, 0.3) is 16.2 Å². The summed E-state index contributed by atoms with van der Waals surface area (Å²) in [5.74, 6) is -0.620. The molecule has 0 unspecified atom stereocenters. The third-order valence-electron chi connectivity index (χ3n) is 4.90. The number of nitrogens with one attached hydrogen (secondary N) is 1. The number of aromatic nitrogens is 5. The first kappa shape index (κ1) is 21.5. The number of hydrogen-bond acceptors (Lipinski definition) is 5. The molecule has 0 saturated carbocycles. The third kappa shape index (κ3) is 3.85. The lowest BCUT2D eigenvalue weighted by molar-refractivity contribution is -0.142. The van der Waals surface area contributed by atoms with Gasteiger partial charge in [-0.25, -0.2) is 9.50 Å². The number of halogens is 4. The Bertz CT molecular complexity index is 1290. The van der Waals surface area contributed by atoms with Crippen molar-refractivity contribution in [3.8, 4) is 10.6 Å². The van der Waals surface area contributed by atoms with Crippen molar-refractivity contribution in [3.63, 3.8) is 0 Å². The Morgan fingerprint density at radius 1 is 1.29 bits per heavy atom. The van der Waals surface area contributed by atoms with Crippen LogP contribution in [0.4, 0.5) is 13.2 Å². The molecule has 0 aliphatic rings. The van der Waals surface area contributed by atoms with Crippen LogP contribution >= 0.6 is 27.3 Å². The molecule has 12 heteroatoms. The van der Waals surface area contributed by atoms with E-state index < -0.39 is 17.8 Å². The molecule has 162 valence electrons. The number of rotatable bonds is 4. The van der Waals surface area contributed by atoms with Crippen molar-refractivity contribution in [3.05, 3.63) is 56.4 Å². The molecule has 1 N–H and O–H groups in total. The second-order valence-corrected chi connectivity index (χ2v) is 8.60. The molecule has 4 aromatic rings. The van der Waals surface area contributed by atoms with Crippen LogP contribution in [0.15, 0.2) is 28.1 Å². The van der Waals surface area contributed by atoms with E-state index >= 15 is 0 Å². The topological polar surface area (TPSA) is 77.1 Å². The van der Waals surface area contributed by atoms with Crippen LogP contribution < -0.4 is 5.32 Å². The van der Waals surface area contributed by atoms with Gasteiger partial charge in [0.05, 0.1) is 20.7 Å². The zero-order chi connectivity index (χ0) is 22.5. The van der Waals surface area contributed by atoms with Gasteiger partial charge in [-0.05, 0) is 47.3 Å². The van der Waals surface area contributed by atoms with Gasteiger partial charge < -0.3 is 5.32 Å². The molecule has 1 amide bonds. The van der Waals surface area contributed by atoms with Gasteiger partial charge in [0.2, 0.25) is 0 Å². The maximum Gasteiger partial charge on any atom is 0.433 e. The summed E-state index contributed by atoms with van der Waals surface area (Å²) in [7, 11) is 1.79. The number of alkyl halides is 3. The second-order valence-electron chi connectivity index (χ2n) is 6.86. The first-order chi connectivity index (χ1) is 14.6. The molecule has 4 aromatic heterocycles. The highest BCUT2D eigenvalue weighted by molar-refractivity contribution is 9.10. The molecule has 0 bridgehead atoms. The maximum absolute atomic E-state index is 13.7. The van der Waals surface area contributed by atoms with Gasteiger partial charge in [-0.3, -0.25) is 9.48 Å². The van der Waals surface area contributed by atoms with Crippen LogP contribution in [-0.4, -0.2) is 30.3 Å². The lowest BCUT2D eigenvalue weighted by Crippen LogP contribution is -2.24. The third-order valence-corrected chi connectivity index (χ3v) is 6.52. The normalized spacial score (nSPS) is 12.0. The van der Waals surface area contributed by atoms with E-state index in [0.717, 1.165) is 23.0 Å². The van der Waals surface area contributed by atoms with Crippen LogP contribution in [0.1, 0.15) is 33.1 Å². The number of fused-ring (bicyclic) bond motifs is 1. The highest BCUT2D eigenvalue weighted by atomic mass is 79.9. The molecule has 4 rings (SSSR count). The predicted octanol–water partition coefficient (Wildman–Crippen LogP) is 4.52. The summed E-state index contributed by atoms with van der Waals surface area (Å²) in [5, 5.41) is 12.7. The maximum atomic E-state index is 13.7.